The molecule has 0 aliphatic carbocycles. The molecule has 0 saturated carbocycles. The van der Waals surface area contributed by atoms with Crippen molar-refractivity contribution in [2.45, 2.75) is 6.18 Å². The van der Waals surface area contributed by atoms with E-state index in [2.05, 4.69) is 5.32 Å². The summed E-state index contributed by atoms with van der Waals surface area (Å²) in [6.45, 7) is 0. The van der Waals surface area contributed by atoms with Gasteiger partial charge in [0.15, 0.2) is 0 Å². The zero-order chi connectivity index (χ0) is 14.8. The Morgan fingerprint density at radius 1 is 0.900 bits per heavy atom. The van der Waals surface area contributed by atoms with Crippen LogP contribution in [0.25, 0.3) is 0 Å². The summed E-state index contributed by atoms with van der Waals surface area (Å²) in [6.07, 6.45) is -4.42. The number of anilines is 1. The van der Waals surface area contributed by atoms with E-state index in [1.54, 1.807) is 0 Å². The number of hydrogen-bond donors (Lipinski definition) is 1. The second kappa shape index (κ2) is 5.32. The molecule has 0 bridgehead atoms. The van der Waals surface area contributed by atoms with Gasteiger partial charge >= 0.3 is 6.18 Å². The van der Waals surface area contributed by atoms with E-state index in [1.807, 2.05) is 0 Å². The number of nitrogens with one attached hydrogen (secondary N) is 1. The minimum Gasteiger partial charge on any atom is -0.322 e. The average molecular weight is 283 g/mol. The molecule has 0 saturated heterocycles. The molecule has 0 radical (unpaired) electrons. The Balaban J connectivity index is 2.10. The third-order valence-corrected chi connectivity index (χ3v) is 2.58. The lowest BCUT2D eigenvalue weighted by Crippen LogP contribution is -2.12. The Bertz CT molecular complexity index is 603. The summed E-state index contributed by atoms with van der Waals surface area (Å²) in [5, 5.41) is 2.43. The predicted molar refractivity (Wildman–Crippen MR) is 65.8 cm³/mol. The van der Waals surface area contributed by atoms with Gasteiger partial charge in [-0.1, -0.05) is 0 Å². The number of carbonyl (C=O) groups is 1. The molecule has 0 aliphatic heterocycles. The first kappa shape index (κ1) is 14.0. The molecule has 0 fully saturated rings. The lowest BCUT2D eigenvalue weighted by atomic mass is 10.1. The number of alkyl halides is 3. The van der Waals surface area contributed by atoms with Gasteiger partial charge in [0.2, 0.25) is 0 Å². The molecular weight excluding hydrogens is 274 g/mol. The van der Waals surface area contributed by atoms with E-state index in [1.165, 1.54) is 12.1 Å². The molecule has 0 atom stereocenters. The molecule has 1 N–H and O–H groups in total. The fourth-order valence-corrected chi connectivity index (χ4v) is 1.55. The van der Waals surface area contributed by atoms with Gasteiger partial charge in [-0.05, 0) is 48.5 Å². The van der Waals surface area contributed by atoms with Crippen LogP contribution in [0.15, 0.2) is 48.5 Å². The highest BCUT2D eigenvalue weighted by Crippen LogP contribution is 2.29. The fraction of sp³-hybridized carbons (Fsp3) is 0.0714. The summed E-state index contributed by atoms with van der Waals surface area (Å²) in [4.78, 5) is 11.8. The molecule has 6 heteroatoms. The number of halogens is 4. The summed E-state index contributed by atoms with van der Waals surface area (Å²) in [6, 6.07) is 8.89. The minimum absolute atomic E-state index is 0.214. The SMILES string of the molecule is O=C(Nc1ccc(C(F)(F)F)cc1)c1ccc(F)cc1. The third kappa shape index (κ3) is 3.34. The molecule has 20 heavy (non-hydrogen) atoms. The van der Waals surface area contributed by atoms with Crippen molar-refractivity contribution in [2.75, 3.05) is 5.32 Å². The Morgan fingerprint density at radius 3 is 1.95 bits per heavy atom. The van der Waals surface area contributed by atoms with Crippen molar-refractivity contribution in [3.05, 3.63) is 65.5 Å². The maximum atomic E-state index is 12.7. The molecule has 2 aromatic carbocycles. The molecule has 0 aliphatic rings. The van der Waals surface area contributed by atoms with Gasteiger partial charge in [-0.3, -0.25) is 4.79 Å². The zero-order valence-electron chi connectivity index (χ0n) is 10.0. The van der Waals surface area contributed by atoms with E-state index in [-0.39, 0.29) is 11.3 Å². The van der Waals surface area contributed by atoms with Crippen LogP contribution >= 0.6 is 0 Å². The second-order valence-electron chi connectivity index (χ2n) is 4.04. The lowest BCUT2D eigenvalue weighted by Gasteiger charge is -2.08. The minimum atomic E-state index is -4.42. The summed E-state index contributed by atoms with van der Waals surface area (Å²) in [7, 11) is 0. The Morgan fingerprint density at radius 2 is 1.45 bits per heavy atom. The number of rotatable bonds is 2. The Labute approximate surface area is 112 Å². The van der Waals surface area contributed by atoms with Crippen LogP contribution in [-0.4, -0.2) is 5.91 Å². The van der Waals surface area contributed by atoms with Crippen molar-refractivity contribution in [3.8, 4) is 0 Å². The van der Waals surface area contributed by atoms with Crippen LogP contribution in [0.4, 0.5) is 23.2 Å². The van der Waals surface area contributed by atoms with E-state index in [4.69, 9.17) is 0 Å². The molecule has 0 aromatic heterocycles. The number of benzene rings is 2. The van der Waals surface area contributed by atoms with Gasteiger partial charge < -0.3 is 5.32 Å². The molecule has 2 aromatic rings. The highest BCUT2D eigenvalue weighted by Gasteiger charge is 2.29. The first-order chi connectivity index (χ1) is 9.36. The zero-order valence-corrected chi connectivity index (χ0v) is 10.0. The van der Waals surface area contributed by atoms with Gasteiger partial charge in [-0.2, -0.15) is 13.2 Å². The van der Waals surface area contributed by atoms with Crippen LogP contribution in [0.3, 0.4) is 0 Å². The van der Waals surface area contributed by atoms with Crippen molar-refractivity contribution in [3.63, 3.8) is 0 Å². The van der Waals surface area contributed by atoms with Gasteiger partial charge in [0, 0.05) is 11.3 Å². The quantitative estimate of drug-likeness (QED) is 0.826. The van der Waals surface area contributed by atoms with Gasteiger partial charge in [0.1, 0.15) is 5.82 Å². The van der Waals surface area contributed by atoms with Crippen LogP contribution in [0.5, 0.6) is 0 Å². The van der Waals surface area contributed by atoms with Gasteiger partial charge in [-0.25, -0.2) is 4.39 Å². The smallest absolute Gasteiger partial charge is 0.322 e. The van der Waals surface area contributed by atoms with Crippen molar-refractivity contribution < 1.29 is 22.4 Å². The van der Waals surface area contributed by atoms with E-state index in [0.29, 0.717) is 0 Å². The third-order valence-electron chi connectivity index (χ3n) is 2.58. The molecular formula is C14H9F4NO. The monoisotopic (exact) mass is 283 g/mol. The summed E-state index contributed by atoms with van der Waals surface area (Å²) < 4.78 is 49.8. The van der Waals surface area contributed by atoms with Crippen molar-refractivity contribution in [1.82, 2.24) is 0 Å². The predicted octanol–water partition coefficient (Wildman–Crippen LogP) is 4.10. The second-order valence-corrected chi connectivity index (χ2v) is 4.04. The standard InChI is InChI=1S/C14H9F4NO/c15-11-5-1-9(2-6-11)13(20)19-12-7-3-10(4-8-12)14(16,17)18/h1-8H,(H,19,20). The molecule has 104 valence electrons. The van der Waals surface area contributed by atoms with Crippen molar-refractivity contribution in [2.24, 2.45) is 0 Å². The van der Waals surface area contributed by atoms with Gasteiger partial charge in [0.25, 0.3) is 5.91 Å². The van der Waals surface area contributed by atoms with Crippen molar-refractivity contribution >= 4 is 11.6 Å². The van der Waals surface area contributed by atoms with Crippen LogP contribution < -0.4 is 5.32 Å². The molecule has 2 rings (SSSR count). The van der Waals surface area contributed by atoms with Gasteiger partial charge in [0.05, 0.1) is 5.56 Å². The molecule has 2 nitrogen and oxygen atoms in total. The summed E-state index contributed by atoms with van der Waals surface area (Å²) >= 11 is 0. The van der Waals surface area contributed by atoms with Crippen LogP contribution in [0.1, 0.15) is 15.9 Å². The van der Waals surface area contributed by atoms with Crippen molar-refractivity contribution in [1.29, 1.82) is 0 Å². The molecule has 0 unspecified atom stereocenters. The number of carbonyl (C=O) groups excluding carboxylic acids is 1. The average Bonchev–Trinajstić information content (AvgIpc) is 2.39. The highest BCUT2D eigenvalue weighted by molar-refractivity contribution is 6.04. The number of amides is 1. The maximum absolute atomic E-state index is 12.7. The van der Waals surface area contributed by atoms with Gasteiger partial charge in [-0.15, -0.1) is 0 Å². The van der Waals surface area contributed by atoms with E-state index in [0.717, 1.165) is 36.4 Å². The topological polar surface area (TPSA) is 29.1 Å². The lowest BCUT2D eigenvalue weighted by molar-refractivity contribution is -0.137. The van der Waals surface area contributed by atoms with E-state index in [9.17, 15) is 22.4 Å². The fourth-order valence-electron chi connectivity index (χ4n) is 1.55. The summed E-state index contributed by atoms with van der Waals surface area (Å²) in [5.74, 6) is -0.999. The highest BCUT2D eigenvalue weighted by atomic mass is 19.4. The normalized spacial score (nSPS) is 11.2. The first-order valence-corrected chi connectivity index (χ1v) is 5.60. The molecule has 0 heterocycles. The largest absolute Gasteiger partial charge is 0.416 e. The first-order valence-electron chi connectivity index (χ1n) is 5.60. The Hall–Kier alpha value is -2.37. The molecule has 1 amide bonds. The van der Waals surface area contributed by atoms with Crippen LogP contribution in [0.2, 0.25) is 0 Å². The van der Waals surface area contributed by atoms with E-state index >= 15 is 0 Å². The van der Waals surface area contributed by atoms with E-state index < -0.39 is 23.5 Å². The maximum Gasteiger partial charge on any atom is 0.416 e. The summed E-state index contributed by atoms with van der Waals surface area (Å²) in [5.41, 5.74) is -0.351. The van der Waals surface area contributed by atoms with Crippen LogP contribution in [0, 0.1) is 5.82 Å². The number of hydrogen-bond acceptors (Lipinski definition) is 1. The molecule has 0 spiro atoms. The Kier molecular flexibility index (Phi) is 3.74. The van der Waals surface area contributed by atoms with Crippen LogP contribution in [-0.2, 0) is 6.18 Å².